The molecule has 6 nitrogen and oxygen atoms in total. The maximum Gasteiger partial charge on any atom is 0.405 e. The molecular formula is C16H15F3N4O2. The summed E-state index contributed by atoms with van der Waals surface area (Å²) in [6.45, 7) is 0.851. The molecule has 0 aliphatic carbocycles. The van der Waals surface area contributed by atoms with Crippen LogP contribution in [0.25, 0.3) is 0 Å². The van der Waals surface area contributed by atoms with Crippen LogP contribution in [0.3, 0.4) is 0 Å². The molecule has 0 spiro atoms. The highest BCUT2D eigenvalue weighted by Crippen LogP contribution is 2.25. The highest BCUT2D eigenvalue weighted by molar-refractivity contribution is 5.53. The van der Waals surface area contributed by atoms with Crippen molar-refractivity contribution in [3.8, 4) is 0 Å². The number of rotatable bonds is 6. The van der Waals surface area contributed by atoms with Crippen molar-refractivity contribution in [1.29, 1.82) is 0 Å². The molecule has 0 unspecified atom stereocenters. The van der Waals surface area contributed by atoms with E-state index in [1.165, 1.54) is 29.2 Å². The quantitative estimate of drug-likeness (QED) is 0.397. The number of azo groups is 1. The van der Waals surface area contributed by atoms with Gasteiger partial charge in [-0.2, -0.15) is 23.4 Å². The average molecular weight is 352 g/mol. The fourth-order valence-corrected chi connectivity index (χ4v) is 2.09. The van der Waals surface area contributed by atoms with Gasteiger partial charge in [-0.3, -0.25) is 10.1 Å². The summed E-state index contributed by atoms with van der Waals surface area (Å²) in [5.74, 6) is 0. The van der Waals surface area contributed by atoms with Crippen LogP contribution in [0.15, 0.2) is 58.8 Å². The van der Waals surface area contributed by atoms with Gasteiger partial charge >= 0.3 is 6.18 Å². The summed E-state index contributed by atoms with van der Waals surface area (Å²) in [6.07, 6.45) is -4.27. The van der Waals surface area contributed by atoms with Crippen molar-refractivity contribution in [2.45, 2.75) is 13.1 Å². The molecule has 9 heteroatoms. The van der Waals surface area contributed by atoms with Crippen LogP contribution < -0.4 is 4.90 Å². The summed E-state index contributed by atoms with van der Waals surface area (Å²) in [7, 11) is 0. The van der Waals surface area contributed by atoms with Gasteiger partial charge in [0.1, 0.15) is 6.54 Å². The average Bonchev–Trinajstić information content (AvgIpc) is 2.58. The van der Waals surface area contributed by atoms with E-state index in [2.05, 4.69) is 10.2 Å². The Bertz CT molecular complexity index is 743. The van der Waals surface area contributed by atoms with Crippen molar-refractivity contribution in [2.24, 2.45) is 10.2 Å². The van der Waals surface area contributed by atoms with Gasteiger partial charge in [-0.1, -0.05) is 0 Å². The number of halogens is 3. The predicted octanol–water partition coefficient (Wildman–Crippen LogP) is 5.40. The molecule has 2 aromatic rings. The Kier molecular flexibility index (Phi) is 5.68. The van der Waals surface area contributed by atoms with Crippen LogP contribution in [0, 0.1) is 10.1 Å². The van der Waals surface area contributed by atoms with Crippen molar-refractivity contribution < 1.29 is 18.1 Å². The molecule has 2 aromatic carbocycles. The molecule has 132 valence electrons. The summed E-state index contributed by atoms with van der Waals surface area (Å²) in [5.41, 5.74) is 1.29. The molecule has 0 heterocycles. The molecule has 0 N–H and O–H groups in total. The minimum Gasteiger partial charge on any atom is -0.363 e. The Balaban J connectivity index is 2.07. The first-order valence-electron chi connectivity index (χ1n) is 7.36. The second-order valence-corrected chi connectivity index (χ2v) is 5.12. The summed E-state index contributed by atoms with van der Waals surface area (Å²) < 4.78 is 37.6. The molecule has 0 aromatic heterocycles. The van der Waals surface area contributed by atoms with Gasteiger partial charge in [0.25, 0.3) is 5.69 Å². The van der Waals surface area contributed by atoms with Crippen molar-refractivity contribution >= 4 is 22.7 Å². The Hall–Kier alpha value is -2.97. The molecule has 0 saturated heterocycles. The fourth-order valence-electron chi connectivity index (χ4n) is 2.09. The minimum absolute atomic E-state index is 0.0485. The molecular weight excluding hydrogens is 337 g/mol. The lowest BCUT2D eigenvalue weighted by molar-refractivity contribution is -0.384. The summed E-state index contributed by atoms with van der Waals surface area (Å²) in [5, 5.41) is 18.5. The maximum absolute atomic E-state index is 12.5. The van der Waals surface area contributed by atoms with Crippen molar-refractivity contribution in [3.05, 3.63) is 58.6 Å². The van der Waals surface area contributed by atoms with Crippen molar-refractivity contribution in [3.63, 3.8) is 0 Å². The Morgan fingerprint density at radius 1 is 1.00 bits per heavy atom. The molecule has 0 saturated carbocycles. The Morgan fingerprint density at radius 3 is 1.88 bits per heavy atom. The SMILES string of the molecule is CCN(CC(F)(F)F)c1ccc(N=Nc2ccc([N+](=O)[O-])cc2)cc1. The second-order valence-electron chi connectivity index (χ2n) is 5.12. The smallest absolute Gasteiger partial charge is 0.363 e. The molecule has 2 rings (SSSR count). The van der Waals surface area contributed by atoms with E-state index < -0.39 is 17.6 Å². The zero-order valence-electron chi connectivity index (χ0n) is 13.3. The number of anilines is 1. The van der Waals surface area contributed by atoms with Gasteiger partial charge in [0.05, 0.1) is 16.3 Å². The number of benzene rings is 2. The van der Waals surface area contributed by atoms with E-state index in [0.29, 0.717) is 17.1 Å². The number of nitrogens with zero attached hydrogens (tertiary/aromatic N) is 4. The second kappa shape index (κ2) is 7.73. The van der Waals surface area contributed by atoms with Crippen molar-refractivity contribution in [1.82, 2.24) is 0 Å². The normalized spacial score (nSPS) is 11.7. The monoisotopic (exact) mass is 352 g/mol. The number of alkyl halides is 3. The third-order valence-electron chi connectivity index (χ3n) is 3.31. The van der Waals surface area contributed by atoms with E-state index in [-0.39, 0.29) is 12.2 Å². The third-order valence-corrected chi connectivity index (χ3v) is 3.31. The number of hydrogen-bond donors (Lipinski definition) is 0. The Morgan fingerprint density at radius 2 is 1.48 bits per heavy atom. The van der Waals surface area contributed by atoms with Gasteiger partial charge in [0.2, 0.25) is 0 Å². The first-order valence-corrected chi connectivity index (χ1v) is 7.36. The predicted molar refractivity (Wildman–Crippen MR) is 87.7 cm³/mol. The van der Waals surface area contributed by atoms with Crippen LogP contribution >= 0.6 is 0 Å². The van der Waals surface area contributed by atoms with Gasteiger partial charge in [-0.05, 0) is 43.3 Å². The van der Waals surface area contributed by atoms with Crippen molar-refractivity contribution in [2.75, 3.05) is 18.0 Å². The lowest BCUT2D eigenvalue weighted by Gasteiger charge is -2.24. The molecule has 0 radical (unpaired) electrons. The van der Waals surface area contributed by atoms with E-state index in [1.54, 1.807) is 31.2 Å². The zero-order chi connectivity index (χ0) is 18.4. The standard InChI is InChI=1S/C16H15F3N4O2/c1-2-22(11-16(17,18)19)14-7-3-12(4-8-14)20-21-13-5-9-15(10-6-13)23(24)25/h3-10H,2,11H2,1H3. The third kappa shape index (κ3) is 5.55. The van der Waals surface area contributed by atoms with Gasteiger partial charge in [0.15, 0.2) is 0 Å². The molecule has 0 aliphatic rings. The molecule has 0 atom stereocenters. The largest absolute Gasteiger partial charge is 0.405 e. The van der Waals surface area contributed by atoms with E-state index in [9.17, 15) is 23.3 Å². The van der Waals surface area contributed by atoms with E-state index >= 15 is 0 Å². The van der Waals surface area contributed by atoms with Gasteiger partial charge in [0, 0.05) is 24.4 Å². The topological polar surface area (TPSA) is 71.1 Å². The highest BCUT2D eigenvalue weighted by Gasteiger charge is 2.30. The van der Waals surface area contributed by atoms with Gasteiger partial charge < -0.3 is 4.90 Å². The first-order chi connectivity index (χ1) is 11.8. The molecule has 0 fully saturated rings. The summed E-state index contributed by atoms with van der Waals surface area (Å²) in [6, 6.07) is 11.7. The maximum atomic E-state index is 12.5. The number of non-ortho nitro benzene ring substituents is 1. The van der Waals surface area contributed by atoms with Gasteiger partial charge in [-0.15, -0.1) is 0 Å². The minimum atomic E-state index is -4.27. The van der Waals surface area contributed by atoms with Crippen LogP contribution in [0.5, 0.6) is 0 Å². The molecule has 0 amide bonds. The van der Waals surface area contributed by atoms with Crippen LogP contribution in [0.1, 0.15) is 6.92 Å². The van der Waals surface area contributed by atoms with Crippen LogP contribution in [-0.2, 0) is 0 Å². The fraction of sp³-hybridized carbons (Fsp3) is 0.250. The summed E-state index contributed by atoms with van der Waals surface area (Å²) >= 11 is 0. The van der Waals surface area contributed by atoms with E-state index in [0.717, 1.165) is 0 Å². The highest BCUT2D eigenvalue weighted by atomic mass is 19.4. The molecule has 0 aliphatic heterocycles. The molecule has 25 heavy (non-hydrogen) atoms. The van der Waals surface area contributed by atoms with Crippen LogP contribution in [0.2, 0.25) is 0 Å². The lowest BCUT2D eigenvalue weighted by Crippen LogP contribution is -2.33. The first kappa shape index (κ1) is 18.4. The van der Waals surface area contributed by atoms with Crippen LogP contribution in [0.4, 0.5) is 35.9 Å². The Labute approximate surface area is 141 Å². The number of hydrogen-bond acceptors (Lipinski definition) is 5. The van der Waals surface area contributed by atoms with E-state index in [1.807, 2.05) is 0 Å². The zero-order valence-corrected chi connectivity index (χ0v) is 13.3. The lowest BCUT2D eigenvalue weighted by atomic mass is 10.2. The van der Waals surface area contributed by atoms with Gasteiger partial charge in [-0.25, -0.2) is 0 Å². The molecule has 0 bridgehead atoms. The number of nitro benzene ring substituents is 1. The summed E-state index contributed by atoms with van der Waals surface area (Å²) in [4.78, 5) is 11.3. The number of nitro groups is 1. The van der Waals surface area contributed by atoms with E-state index in [4.69, 9.17) is 0 Å². The van der Waals surface area contributed by atoms with Crippen LogP contribution in [-0.4, -0.2) is 24.2 Å².